The Morgan fingerprint density at radius 3 is 2.39 bits per heavy atom. The molecule has 0 bridgehead atoms. The van der Waals surface area contributed by atoms with Crippen molar-refractivity contribution >= 4 is 16.0 Å². The molecule has 0 atom stereocenters. The van der Waals surface area contributed by atoms with Crippen LogP contribution in [0.3, 0.4) is 0 Å². The predicted molar refractivity (Wildman–Crippen MR) is 101 cm³/mol. The van der Waals surface area contributed by atoms with Crippen LogP contribution >= 0.6 is 0 Å². The molecule has 0 N–H and O–H groups in total. The number of hydrogen-bond donors (Lipinski definition) is 0. The number of esters is 1. The molecule has 1 aromatic carbocycles. The topological polar surface area (TPSA) is 103 Å². The first kappa shape index (κ1) is 20.5. The van der Waals surface area contributed by atoms with Gasteiger partial charge in [-0.1, -0.05) is 25.0 Å². The highest BCUT2D eigenvalue weighted by atomic mass is 32.2. The molecule has 0 amide bonds. The minimum atomic E-state index is -3.45. The number of nitrogens with zero attached hydrogens (tertiary/aromatic N) is 3. The third kappa shape index (κ3) is 5.39. The summed E-state index contributed by atoms with van der Waals surface area (Å²) in [6.45, 7) is 2.77. The Morgan fingerprint density at radius 2 is 1.79 bits per heavy atom. The van der Waals surface area contributed by atoms with Crippen LogP contribution in [0.25, 0.3) is 0 Å². The smallest absolute Gasteiger partial charge is 0.306 e. The summed E-state index contributed by atoms with van der Waals surface area (Å²) in [6, 6.07) is 6.73. The molecule has 2 aromatic rings. The van der Waals surface area contributed by atoms with Crippen molar-refractivity contribution in [2.24, 2.45) is 0 Å². The summed E-state index contributed by atoms with van der Waals surface area (Å²) < 4.78 is 37.4. The number of benzene rings is 1. The van der Waals surface area contributed by atoms with E-state index < -0.39 is 10.0 Å². The van der Waals surface area contributed by atoms with Gasteiger partial charge in [0.25, 0.3) is 5.89 Å². The summed E-state index contributed by atoms with van der Waals surface area (Å²) in [5.74, 6) is 0.298. The molecule has 3 rings (SSSR count). The van der Waals surface area contributed by atoms with Crippen LogP contribution in [0.1, 0.15) is 49.4 Å². The molecule has 1 aliphatic heterocycles. The van der Waals surface area contributed by atoms with Gasteiger partial charge in [0.1, 0.15) is 0 Å². The van der Waals surface area contributed by atoms with Crippen LogP contribution < -0.4 is 0 Å². The largest absolute Gasteiger partial charge is 0.456 e. The lowest BCUT2D eigenvalue weighted by molar-refractivity contribution is -0.145. The van der Waals surface area contributed by atoms with Gasteiger partial charge in [-0.3, -0.25) is 4.79 Å². The highest BCUT2D eigenvalue weighted by molar-refractivity contribution is 7.89. The summed E-state index contributed by atoms with van der Waals surface area (Å²) in [7, 11) is -3.45. The Labute approximate surface area is 164 Å². The van der Waals surface area contributed by atoms with Crippen LogP contribution in [-0.2, 0) is 32.6 Å². The molecule has 2 heterocycles. The second-order valence-electron chi connectivity index (χ2n) is 6.84. The van der Waals surface area contributed by atoms with Gasteiger partial charge in [-0.2, -0.15) is 4.31 Å². The van der Waals surface area contributed by atoms with Gasteiger partial charge in [0.05, 0.1) is 4.90 Å². The maximum atomic E-state index is 12.8. The van der Waals surface area contributed by atoms with Crippen molar-refractivity contribution in [3.8, 4) is 0 Å². The molecule has 0 unspecified atom stereocenters. The number of carbonyl (C=O) groups excluding carboxylic acids is 1. The van der Waals surface area contributed by atoms with E-state index in [1.807, 2.05) is 0 Å². The lowest BCUT2D eigenvalue weighted by atomic mass is 10.1. The van der Waals surface area contributed by atoms with E-state index in [1.165, 1.54) is 0 Å². The maximum absolute atomic E-state index is 12.8. The number of aromatic nitrogens is 2. The summed E-state index contributed by atoms with van der Waals surface area (Å²) in [5, 5.41) is 7.42. The molecular weight excluding hydrogens is 382 g/mol. The minimum Gasteiger partial charge on any atom is -0.456 e. The van der Waals surface area contributed by atoms with Crippen LogP contribution in [-0.4, -0.2) is 42.0 Å². The van der Waals surface area contributed by atoms with Gasteiger partial charge in [-0.05, 0) is 37.0 Å². The highest BCUT2D eigenvalue weighted by Crippen LogP contribution is 2.21. The fourth-order valence-corrected chi connectivity index (χ4v) is 4.63. The Balaban J connectivity index is 1.51. The number of hydrogen-bond acceptors (Lipinski definition) is 7. The van der Waals surface area contributed by atoms with Crippen molar-refractivity contribution in [1.82, 2.24) is 14.5 Å². The normalized spacial score (nSPS) is 15.9. The number of carbonyl (C=O) groups is 1. The number of aryl methyl sites for hydroxylation is 2. The molecule has 1 saturated heterocycles. The second kappa shape index (κ2) is 9.29. The van der Waals surface area contributed by atoms with Gasteiger partial charge >= 0.3 is 5.97 Å². The third-order valence-corrected chi connectivity index (χ3v) is 6.58. The van der Waals surface area contributed by atoms with Crippen LogP contribution in [0.4, 0.5) is 0 Å². The molecule has 8 nitrogen and oxygen atoms in total. The van der Waals surface area contributed by atoms with E-state index in [-0.39, 0.29) is 24.9 Å². The minimum absolute atomic E-state index is 0.0489. The van der Waals surface area contributed by atoms with Gasteiger partial charge < -0.3 is 9.15 Å². The Bertz CT molecular complexity index is 885. The lowest BCUT2D eigenvalue weighted by Gasteiger charge is -2.20. The van der Waals surface area contributed by atoms with Crippen LogP contribution in [0.15, 0.2) is 33.6 Å². The Hall–Kier alpha value is -2.26. The van der Waals surface area contributed by atoms with E-state index in [1.54, 1.807) is 35.5 Å². The predicted octanol–water partition coefficient (Wildman–Crippen LogP) is 2.62. The van der Waals surface area contributed by atoms with Gasteiger partial charge in [-0.15, -0.1) is 10.2 Å². The molecule has 0 radical (unpaired) electrons. The zero-order chi connectivity index (χ0) is 20.0. The van der Waals surface area contributed by atoms with Gasteiger partial charge in [0, 0.05) is 26.4 Å². The molecule has 1 aromatic heterocycles. The van der Waals surface area contributed by atoms with Crippen LogP contribution in [0.2, 0.25) is 0 Å². The molecule has 0 spiro atoms. The van der Waals surface area contributed by atoms with Gasteiger partial charge in [-0.25, -0.2) is 8.42 Å². The van der Waals surface area contributed by atoms with Crippen molar-refractivity contribution < 1.29 is 22.4 Å². The highest BCUT2D eigenvalue weighted by Gasteiger charge is 2.24. The van der Waals surface area contributed by atoms with Crippen molar-refractivity contribution in [1.29, 1.82) is 0 Å². The Morgan fingerprint density at radius 1 is 1.11 bits per heavy atom. The Kier molecular flexibility index (Phi) is 6.79. The summed E-state index contributed by atoms with van der Waals surface area (Å²) >= 11 is 0. The fraction of sp³-hybridized carbons (Fsp3) is 0.526. The second-order valence-corrected chi connectivity index (χ2v) is 8.78. The first-order valence-corrected chi connectivity index (χ1v) is 10.9. The standard InChI is InChI=1S/C19H25N3O5S/c1-15-20-21-18(27-15)14-26-19(23)11-8-16-6-9-17(10-7-16)28(24,25)22-12-4-2-3-5-13-22/h6-7,9-10H,2-5,8,11-14H2,1H3. The fourth-order valence-electron chi connectivity index (χ4n) is 3.12. The quantitative estimate of drug-likeness (QED) is 0.650. The van der Waals surface area contributed by atoms with E-state index in [0.29, 0.717) is 30.3 Å². The van der Waals surface area contributed by atoms with E-state index in [0.717, 1.165) is 31.2 Å². The van der Waals surface area contributed by atoms with E-state index in [9.17, 15) is 13.2 Å². The van der Waals surface area contributed by atoms with Gasteiger partial charge in [0.15, 0.2) is 6.61 Å². The lowest BCUT2D eigenvalue weighted by Crippen LogP contribution is -2.31. The van der Waals surface area contributed by atoms with E-state index >= 15 is 0 Å². The molecule has 28 heavy (non-hydrogen) atoms. The van der Waals surface area contributed by atoms with E-state index in [4.69, 9.17) is 9.15 Å². The first-order valence-electron chi connectivity index (χ1n) is 9.49. The van der Waals surface area contributed by atoms with Crippen molar-refractivity contribution in [2.75, 3.05) is 13.1 Å². The number of sulfonamides is 1. The average molecular weight is 407 g/mol. The third-order valence-electron chi connectivity index (χ3n) is 4.67. The molecule has 152 valence electrons. The molecule has 9 heteroatoms. The maximum Gasteiger partial charge on any atom is 0.306 e. The summed E-state index contributed by atoms with van der Waals surface area (Å²) in [4.78, 5) is 12.1. The van der Waals surface area contributed by atoms with Crippen molar-refractivity contribution in [3.63, 3.8) is 0 Å². The molecule has 0 saturated carbocycles. The summed E-state index contributed by atoms with van der Waals surface area (Å²) in [6.07, 6.45) is 4.61. The molecular formula is C19H25N3O5S. The van der Waals surface area contributed by atoms with Crippen LogP contribution in [0.5, 0.6) is 0 Å². The van der Waals surface area contributed by atoms with E-state index in [2.05, 4.69) is 10.2 Å². The molecule has 1 aliphatic rings. The number of ether oxygens (including phenoxy) is 1. The summed E-state index contributed by atoms with van der Waals surface area (Å²) in [5.41, 5.74) is 0.875. The number of rotatable bonds is 7. The molecule has 0 aliphatic carbocycles. The zero-order valence-corrected chi connectivity index (χ0v) is 16.8. The van der Waals surface area contributed by atoms with Gasteiger partial charge in [0.2, 0.25) is 15.9 Å². The monoisotopic (exact) mass is 407 g/mol. The SMILES string of the molecule is Cc1nnc(COC(=O)CCc2ccc(S(=O)(=O)N3CCCCCC3)cc2)o1. The van der Waals surface area contributed by atoms with Crippen LogP contribution in [0, 0.1) is 6.92 Å². The van der Waals surface area contributed by atoms with Crippen molar-refractivity contribution in [2.45, 2.75) is 57.0 Å². The molecule has 1 fully saturated rings. The zero-order valence-electron chi connectivity index (χ0n) is 16.0. The first-order chi connectivity index (χ1) is 13.4. The van der Waals surface area contributed by atoms with Crippen molar-refractivity contribution in [3.05, 3.63) is 41.6 Å². The average Bonchev–Trinajstić information content (AvgIpc) is 2.93.